The van der Waals surface area contributed by atoms with E-state index in [1.165, 1.54) is 11.8 Å². The van der Waals surface area contributed by atoms with Crippen LogP contribution in [-0.4, -0.2) is 24.2 Å². The fourth-order valence-corrected chi connectivity index (χ4v) is 3.90. The summed E-state index contributed by atoms with van der Waals surface area (Å²) in [6.07, 6.45) is 0. The van der Waals surface area contributed by atoms with Crippen molar-refractivity contribution in [2.45, 2.75) is 24.8 Å². The SMILES string of the molecule is CCOc1cccc2cc(C(C)NC(=O)c3ccc4c(c3)NC(=O)CS4)oc12. The predicted octanol–water partition coefficient (Wildman–Crippen LogP) is 4.37. The van der Waals surface area contributed by atoms with E-state index in [0.717, 1.165) is 10.3 Å². The third-order valence-corrected chi connectivity index (χ3v) is 5.55. The molecule has 2 heterocycles. The summed E-state index contributed by atoms with van der Waals surface area (Å²) in [5.74, 6) is 1.44. The molecule has 0 aliphatic carbocycles. The van der Waals surface area contributed by atoms with Gasteiger partial charge in [-0.25, -0.2) is 0 Å². The lowest BCUT2D eigenvalue weighted by atomic mass is 10.1. The van der Waals surface area contributed by atoms with Gasteiger partial charge in [-0.1, -0.05) is 12.1 Å². The van der Waals surface area contributed by atoms with E-state index < -0.39 is 0 Å². The maximum absolute atomic E-state index is 12.7. The highest BCUT2D eigenvalue weighted by molar-refractivity contribution is 8.00. The van der Waals surface area contributed by atoms with Crippen LogP contribution >= 0.6 is 11.8 Å². The summed E-state index contributed by atoms with van der Waals surface area (Å²) in [6, 6.07) is 12.6. The molecule has 1 aliphatic rings. The molecule has 28 heavy (non-hydrogen) atoms. The minimum absolute atomic E-state index is 0.0594. The molecule has 0 bridgehead atoms. The fourth-order valence-electron chi connectivity index (χ4n) is 3.11. The topological polar surface area (TPSA) is 80.6 Å². The molecule has 0 fully saturated rings. The second-order valence-corrected chi connectivity index (χ2v) is 7.52. The van der Waals surface area contributed by atoms with Crippen LogP contribution in [0, 0.1) is 0 Å². The summed E-state index contributed by atoms with van der Waals surface area (Å²) < 4.78 is 11.6. The standard InChI is InChI=1S/C21H20N2O4S/c1-3-26-16-6-4-5-13-10-17(27-20(13)16)12(2)22-21(25)14-7-8-18-15(9-14)23-19(24)11-28-18/h4-10,12H,3,11H2,1-2H3,(H,22,25)(H,23,24). The zero-order chi connectivity index (χ0) is 19.7. The number of carbonyl (C=O) groups excluding carboxylic acids is 2. The second-order valence-electron chi connectivity index (χ2n) is 6.50. The van der Waals surface area contributed by atoms with Crippen molar-refractivity contribution in [2.24, 2.45) is 0 Å². The van der Waals surface area contributed by atoms with Gasteiger partial charge in [-0.15, -0.1) is 11.8 Å². The van der Waals surface area contributed by atoms with Gasteiger partial charge < -0.3 is 19.8 Å². The normalized spacial score (nSPS) is 14.3. The molecule has 0 spiro atoms. The van der Waals surface area contributed by atoms with Gasteiger partial charge in [-0.3, -0.25) is 9.59 Å². The number of fused-ring (bicyclic) bond motifs is 2. The molecule has 1 unspecified atom stereocenters. The minimum atomic E-state index is -0.325. The highest BCUT2D eigenvalue weighted by Crippen LogP contribution is 2.33. The summed E-state index contributed by atoms with van der Waals surface area (Å²) in [6.45, 7) is 4.34. The first-order valence-corrected chi connectivity index (χ1v) is 10.1. The first-order chi connectivity index (χ1) is 13.5. The number of nitrogens with one attached hydrogen (secondary N) is 2. The predicted molar refractivity (Wildman–Crippen MR) is 109 cm³/mol. The molecule has 0 saturated heterocycles. The molecule has 1 atom stereocenters. The van der Waals surface area contributed by atoms with Crippen LogP contribution in [0.15, 0.2) is 51.8 Å². The molecule has 4 rings (SSSR count). The number of rotatable bonds is 5. The Kier molecular flexibility index (Phi) is 5.00. The summed E-state index contributed by atoms with van der Waals surface area (Å²) in [4.78, 5) is 25.2. The Morgan fingerprint density at radius 2 is 2.18 bits per heavy atom. The second kappa shape index (κ2) is 7.59. The molecule has 1 aromatic heterocycles. The number of para-hydroxylation sites is 1. The lowest BCUT2D eigenvalue weighted by molar-refractivity contribution is -0.113. The van der Waals surface area contributed by atoms with Crippen molar-refractivity contribution in [3.05, 3.63) is 53.8 Å². The van der Waals surface area contributed by atoms with Gasteiger partial charge in [0.15, 0.2) is 11.3 Å². The zero-order valence-corrected chi connectivity index (χ0v) is 16.4. The van der Waals surface area contributed by atoms with Crippen LogP contribution in [0.5, 0.6) is 5.75 Å². The Balaban J connectivity index is 1.53. The average Bonchev–Trinajstić information content (AvgIpc) is 3.13. The lowest BCUT2D eigenvalue weighted by Gasteiger charge is -2.17. The van der Waals surface area contributed by atoms with E-state index in [-0.39, 0.29) is 17.9 Å². The van der Waals surface area contributed by atoms with Gasteiger partial charge in [0, 0.05) is 15.8 Å². The molecule has 3 aromatic rings. The van der Waals surface area contributed by atoms with E-state index in [1.54, 1.807) is 12.1 Å². The number of hydrogen-bond acceptors (Lipinski definition) is 5. The number of furan rings is 1. The van der Waals surface area contributed by atoms with E-state index in [1.807, 2.05) is 44.2 Å². The van der Waals surface area contributed by atoms with Crippen molar-refractivity contribution in [1.82, 2.24) is 5.32 Å². The molecule has 6 nitrogen and oxygen atoms in total. The highest BCUT2D eigenvalue weighted by Gasteiger charge is 2.20. The largest absolute Gasteiger partial charge is 0.490 e. The molecule has 1 aliphatic heterocycles. The van der Waals surface area contributed by atoms with Gasteiger partial charge in [-0.05, 0) is 44.2 Å². The van der Waals surface area contributed by atoms with E-state index in [4.69, 9.17) is 9.15 Å². The first kappa shape index (κ1) is 18.4. The fraction of sp³-hybridized carbons (Fsp3) is 0.238. The molecular weight excluding hydrogens is 376 g/mol. The van der Waals surface area contributed by atoms with E-state index in [2.05, 4.69) is 10.6 Å². The van der Waals surface area contributed by atoms with E-state index in [0.29, 0.717) is 40.7 Å². The Hall–Kier alpha value is -2.93. The van der Waals surface area contributed by atoms with Gasteiger partial charge in [0.1, 0.15) is 5.76 Å². The Morgan fingerprint density at radius 3 is 3.00 bits per heavy atom. The number of hydrogen-bond donors (Lipinski definition) is 2. The average molecular weight is 396 g/mol. The van der Waals surface area contributed by atoms with Crippen molar-refractivity contribution in [3.8, 4) is 5.75 Å². The third-order valence-electron chi connectivity index (χ3n) is 4.48. The summed E-state index contributed by atoms with van der Waals surface area (Å²) in [5.41, 5.74) is 1.83. The number of thioether (sulfide) groups is 1. The molecule has 144 valence electrons. The molecule has 0 radical (unpaired) electrons. The van der Waals surface area contributed by atoms with Crippen molar-refractivity contribution < 1.29 is 18.7 Å². The monoisotopic (exact) mass is 396 g/mol. The van der Waals surface area contributed by atoms with Gasteiger partial charge in [-0.2, -0.15) is 0 Å². The number of benzene rings is 2. The first-order valence-electron chi connectivity index (χ1n) is 9.08. The quantitative estimate of drug-likeness (QED) is 0.669. The van der Waals surface area contributed by atoms with E-state index in [9.17, 15) is 9.59 Å². The number of ether oxygens (including phenoxy) is 1. The highest BCUT2D eigenvalue weighted by atomic mass is 32.2. The van der Waals surface area contributed by atoms with Gasteiger partial charge in [0.05, 0.1) is 24.1 Å². The lowest BCUT2D eigenvalue weighted by Crippen LogP contribution is -2.27. The number of carbonyl (C=O) groups is 2. The van der Waals surface area contributed by atoms with Crippen molar-refractivity contribution in [3.63, 3.8) is 0 Å². The van der Waals surface area contributed by atoms with Crippen LogP contribution < -0.4 is 15.4 Å². The van der Waals surface area contributed by atoms with Crippen LogP contribution in [0.3, 0.4) is 0 Å². The van der Waals surface area contributed by atoms with Crippen LogP contribution in [0.25, 0.3) is 11.0 Å². The molecule has 2 aromatic carbocycles. The van der Waals surface area contributed by atoms with Crippen LogP contribution in [-0.2, 0) is 4.79 Å². The summed E-state index contributed by atoms with van der Waals surface area (Å²) >= 11 is 1.47. The minimum Gasteiger partial charge on any atom is -0.490 e. The smallest absolute Gasteiger partial charge is 0.251 e. The maximum atomic E-state index is 12.7. The summed E-state index contributed by atoms with van der Waals surface area (Å²) in [7, 11) is 0. The van der Waals surface area contributed by atoms with Crippen molar-refractivity contribution in [2.75, 3.05) is 17.7 Å². The third kappa shape index (κ3) is 3.57. The number of amides is 2. The molecule has 0 saturated carbocycles. The van der Waals surface area contributed by atoms with Crippen LogP contribution in [0.1, 0.15) is 36.0 Å². The van der Waals surface area contributed by atoms with Crippen LogP contribution in [0.2, 0.25) is 0 Å². The Bertz CT molecular complexity index is 1060. The van der Waals surface area contributed by atoms with Crippen molar-refractivity contribution >= 4 is 40.2 Å². The van der Waals surface area contributed by atoms with Crippen molar-refractivity contribution in [1.29, 1.82) is 0 Å². The number of anilines is 1. The Morgan fingerprint density at radius 1 is 1.32 bits per heavy atom. The zero-order valence-electron chi connectivity index (χ0n) is 15.6. The molecular formula is C21H20N2O4S. The Labute approximate surface area is 166 Å². The van der Waals surface area contributed by atoms with Gasteiger partial charge >= 0.3 is 0 Å². The van der Waals surface area contributed by atoms with E-state index >= 15 is 0 Å². The van der Waals surface area contributed by atoms with Gasteiger partial charge in [0.2, 0.25) is 5.91 Å². The van der Waals surface area contributed by atoms with Crippen LogP contribution in [0.4, 0.5) is 5.69 Å². The van der Waals surface area contributed by atoms with Gasteiger partial charge in [0.25, 0.3) is 5.91 Å². The molecule has 7 heteroatoms. The summed E-state index contributed by atoms with van der Waals surface area (Å²) in [5, 5.41) is 6.68. The molecule has 2 N–H and O–H groups in total. The molecule has 2 amide bonds. The maximum Gasteiger partial charge on any atom is 0.251 e.